The summed E-state index contributed by atoms with van der Waals surface area (Å²) in [6.07, 6.45) is 1.30. The van der Waals surface area contributed by atoms with Gasteiger partial charge in [0.2, 0.25) is 0 Å². The van der Waals surface area contributed by atoms with E-state index in [0.717, 1.165) is 0 Å². The summed E-state index contributed by atoms with van der Waals surface area (Å²) in [6.45, 7) is 0. The Hall–Kier alpha value is -2.31. The minimum atomic E-state index is -0.692. The number of benzene rings is 1. The van der Waals surface area contributed by atoms with E-state index in [1.165, 1.54) is 12.3 Å². The highest BCUT2D eigenvalue weighted by Crippen LogP contribution is 2.21. The number of urea groups is 1. The molecule has 0 aliphatic heterocycles. The van der Waals surface area contributed by atoms with Crippen LogP contribution in [0.3, 0.4) is 0 Å². The van der Waals surface area contributed by atoms with Gasteiger partial charge in [0, 0.05) is 17.6 Å². The Bertz CT molecular complexity index is 706. The third-order valence-corrected chi connectivity index (χ3v) is 2.96. The largest absolute Gasteiger partial charge is 0.351 e. The van der Waals surface area contributed by atoms with Gasteiger partial charge in [0.05, 0.1) is 10.6 Å². The quantitative estimate of drug-likeness (QED) is 0.756. The summed E-state index contributed by atoms with van der Waals surface area (Å²) in [5, 5.41) is 5.39. The lowest BCUT2D eigenvalue weighted by atomic mass is 10.2. The molecule has 1 aromatic carbocycles. The highest BCUT2D eigenvalue weighted by atomic mass is 35.5. The lowest BCUT2D eigenvalue weighted by molar-refractivity contribution is 0.102. The van der Waals surface area contributed by atoms with E-state index in [1.807, 2.05) is 0 Å². The number of carbonyl (C=O) groups is 2. The van der Waals surface area contributed by atoms with Crippen molar-refractivity contribution in [3.8, 4) is 0 Å². The summed E-state index contributed by atoms with van der Waals surface area (Å²) in [7, 11) is 0. The third-order valence-electron chi connectivity index (χ3n) is 2.45. The van der Waals surface area contributed by atoms with E-state index in [9.17, 15) is 9.59 Å². The monoisotopic (exact) mass is 324 g/mol. The SMILES string of the molecule is NC(=O)Nc1cccc(NC(=O)c2cc(Cl)ncc2Cl)c1. The molecule has 2 aromatic rings. The number of carbonyl (C=O) groups excluding carboxylic acids is 2. The number of primary amides is 1. The van der Waals surface area contributed by atoms with Crippen LogP contribution in [0.2, 0.25) is 10.2 Å². The normalized spacial score (nSPS) is 10.0. The van der Waals surface area contributed by atoms with Crippen molar-refractivity contribution in [2.75, 3.05) is 10.6 Å². The average Bonchev–Trinajstić information content (AvgIpc) is 2.41. The zero-order valence-corrected chi connectivity index (χ0v) is 12.1. The van der Waals surface area contributed by atoms with Crippen LogP contribution in [0.25, 0.3) is 0 Å². The van der Waals surface area contributed by atoms with E-state index in [-0.39, 0.29) is 15.7 Å². The number of nitrogens with zero attached hydrogens (tertiary/aromatic N) is 1. The van der Waals surface area contributed by atoms with Crippen LogP contribution in [0.1, 0.15) is 10.4 Å². The van der Waals surface area contributed by atoms with Gasteiger partial charge in [-0.3, -0.25) is 4.79 Å². The fourth-order valence-electron chi connectivity index (χ4n) is 1.60. The van der Waals surface area contributed by atoms with E-state index in [0.29, 0.717) is 11.4 Å². The molecule has 1 aromatic heterocycles. The molecular formula is C13H10Cl2N4O2. The fraction of sp³-hybridized carbons (Fsp3) is 0. The molecule has 1 heterocycles. The van der Waals surface area contributed by atoms with Crippen molar-refractivity contribution in [2.45, 2.75) is 0 Å². The zero-order valence-electron chi connectivity index (χ0n) is 10.6. The van der Waals surface area contributed by atoms with E-state index >= 15 is 0 Å². The number of nitrogens with one attached hydrogen (secondary N) is 2. The molecule has 108 valence electrons. The molecule has 0 aliphatic rings. The summed E-state index contributed by atoms with van der Waals surface area (Å²) in [6, 6.07) is 7.17. The highest BCUT2D eigenvalue weighted by molar-refractivity contribution is 6.35. The van der Waals surface area contributed by atoms with Crippen LogP contribution in [0.15, 0.2) is 36.5 Å². The molecule has 0 aliphatic carbocycles. The lowest BCUT2D eigenvalue weighted by Gasteiger charge is -2.08. The summed E-state index contributed by atoms with van der Waals surface area (Å²) in [4.78, 5) is 26.7. The third kappa shape index (κ3) is 4.08. The minimum Gasteiger partial charge on any atom is -0.351 e. The van der Waals surface area contributed by atoms with Gasteiger partial charge in [0.1, 0.15) is 5.15 Å². The maximum Gasteiger partial charge on any atom is 0.316 e. The predicted molar refractivity (Wildman–Crippen MR) is 81.9 cm³/mol. The van der Waals surface area contributed by atoms with Gasteiger partial charge in [-0.2, -0.15) is 0 Å². The zero-order chi connectivity index (χ0) is 15.4. The molecule has 21 heavy (non-hydrogen) atoms. The molecule has 0 fully saturated rings. The number of amides is 3. The first-order chi connectivity index (χ1) is 9.95. The first-order valence-corrected chi connectivity index (χ1v) is 6.50. The molecule has 0 saturated heterocycles. The molecule has 0 saturated carbocycles. The topological polar surface area (TPSA) is 97.1 Å². The summed E-state index contributed by atoms with van der Waals surface area (Å²) in [5.74, 6) is -0.444. The van der Waals surface area contributed by atoms with Crippen LogP contribution in [-0.4, -0.2) is 16.9 Å². The van der Waals surface area contributed by atoms with Gasteiger partial charge in [0.25, 0.3) is 5.91 Å². The maximum absolute atomic E-state index is 12.1. The summed E-state index contributed by atoms with van der Waals surface area (Å²) < 4.78 is 0. The van der Waals surface area contributed by atoms with Gasteiger partial charge in [-0.1, -0.05) is 29.3 Å². The second kappa shape index (κ2) is 6.43. The predicted octanol–water partition coefficient (Wildman–Crippen LogP) is 3.13. The van der Waals surface area contributed by atoms with Crippen LogP contribution in [0.5, 0.6) is 0 Å². The smallest absolute Gasteiger partial charge is 0.316 e. The Balaban J connectivity index is 2.19. The van der Waals surface area contributed by atoms with Crippen LogP contribution in [-0.2, 0) is 0 Å². The van der Waals surface area contributed by atoms with Crippen molar-refractivity contribution in [2.24, 2.45) is 5.73 Å². The summed E-state index contributed by atoms with van der Waals surface area (Å²) >= 11 is 11.6. The Labute approximate surface area is 130 Å². The maximum atomic E-state index is 12.1. The number of nitrogens with two attached hydrogens (primary N) is 1. The summed E-state index contributed by atoms with van der Waals surface area (Å²) in [5.41, 5.74) is 6.15. The van der Waals surface area contributed by atoms with Gasteiger partial charge < -0.3 is 16.4 Å². The van der Waals surface area contributed by atoms with Crippen molar-refractivity contribution < 1.29 is 9.59 Å². The van der Waals surface area contributed by atoms with Crippen molar-refractivity contribution in [1.29, 1.82) is 0 Å². The Kier molecular flexibility index (Phi) is 4.62. The Morgan fingerprint density at radius 2 is 1.76 bits per heavy atom. The number of hydrogen-bond donors (Lipinski definition) is 3. The van der Waals surface area contributed by atoms with E-state index in [4.69, 9.17) is 28.9 Å². The Morgan fingerprint density at radius 1 is 1.10 bits per heavy atom. The molecule has 0 atom stereocenters. The van der Waals surface area contributed by atoms with Crippen molar-refractivity contribution in [1.82, 2.24) is 4.98 Å². The van der Waals surface area contributed by atoms with Crippen molar-refractivity contribution in [3.05, 3.63) is 52.3 Å². The van der Waals surface area contributed by atoms with Crippen molar-refractivity contribution >= 4 is 46.5 Å². The van der Waals surface area contributed by atoms with Crippen LogP contribution < -0.4 is 16.4 Å². The number of hydrogen-bond acceptors (Lipinski definition) is 3. The number of aromatic nitrogens is 1. The van der Waals surface area contributed by atoms with Gasteiger partial charge in [-0.25, -0.2) is 9.78 Å². The molecule has 0 spiro atoms. The van der Waals surface area contributed by atoms with E-state index < -0.39 is 11.9 Å². The van der Waals surface area contributed by atoms with Crippen LogP contribution >= 0.6 is 23.2 Å². The second-order valence-corrected chi connectivity index (χ2v) is 4.81. The van der Waals surface area contributed by atoms with Gasteiger partial charge in [-0.15, -0.1) is 0 Å². The van der Waals surface area contributed by atoms with Gasteiger partial charge in [0.15, 0.2) is 0 Å². The molecule has 0 radical (unpaired) electrons. The number of pyridine rings is 1. The molecule has 0 bridgehead atoms. The average molecular weight is 325 g/mol. The molecule has 0 unspecified atom stereocenters. The standard InChI is InChI=1S/C13H10Cl2N4O2/c14-10-6-17-11(15)5-9(10)12(20)18-7-2-1-3-8(4-7)19-13(16)21/h1-6H,(H,18,20)(H3,16,19,21). The highest BCUT2D eigenvalue weighted by Gasteiger charge is 2.12. The molecule has 2 rings (SSSR count). The molecule has 4 N–H and O–H groups in total. The Morgan fingerprint density at radius 3 is 2.43 bits per heavy atom. The fourth-order valence-corrected chi connectivity index (χ4v) is 1.95. The first kappa shape index (κ1) is 15.1. The van der Waals surface area contributed by atoms with Gasteiger partial charge in [-0.05, 0) is 24.3 Å². The van der Waals surface area contributed by atoms with E-state index in [2.05, 4.69) is 15.6 Å². The molecule has 3 amide bonds. The first-order valence-electron chi connectivity index (χ1n) is 5.74. The van der Waals surface area contributed by atoms with Gasteiger partial charge >= 0.3 is 6.03 Å². The minimum absolute atomic E-state index is 0.161. The van der Waals surface area contributed by atoms with Crippen LogP contribution in [0, 0.1) is 0 Å². The number of rotatable bonds is 3. The molecular weight excluding hydrogens is 315 g/mol. The number of anilines is 2. The molecule has 6 nitrogen and oxygen atoms in total. The number of halogens is 2. The lowest BCUT2D eigenvalue weighted by Crippen LogP contribution is -2.19. The second-order valence-electron chi connectivity index (χ2n) is 4.01. The molecule has 8 heteroatoms. The van der Waals surface area contributed by atoms with E-state index in [1.54, 1.807) is 24.3 Å². The van der Waals surface area contributed by atoms with Crippen molar-refractivity contribution in [3.63, 3.8) is 0 Å². The van der Waals surface area contributed by atoms with Crippen LogP contribution in [0.4, 0.5) is 16.2 Å².